The topological polar surface area (TPSA) is 105 Å². The summed E-state index contributed by atoms with van der Waals surface area (Å²) in [7, 11) is 3.52. The van der Waals surface area contributed by atoms with Crippen molar-refractivity contribution in [3.63, 3.8) is 0 Å². The maximum absolute atomic E-state index is 12.8. The molecule has 1 aromatic carbocycles. The van der Waals surface area contributed by atoms with E-state index in [0.717, 1.165) is 27.3 Å². The summed E-state index contributed by atoms with van der Waals surface area (Å²) in [6.07, 6.45) is 3.77. The Morgan fingerprint density at radius 1 is 1.13 bits per heavy atom. The van der Waals surface area contributed by atoms with Gasteiger partial charge in [-0.05, 0) is 81.6 Å². The lowest BCUT2D eigenvalue weighted by Crippen LogP contribution is -2.31. The van der Waals surface area contributed by atoms with E-state index in [2.05, 4.69) is 36.4 Å². The van der Waals surface area contributed by atoms with Crippen LogP contribution < -0.4 is 15.4 Å². The zero-order chi connectivity index (χ0) is 27.4. The number of fused-ring (bicyclic) bond motifs is 3. The molecule has 38 heavy (non-hydrogen) atoms. The predicted octanol–water partition coefficient (Wildman–Crippen LogP) is 5.80. The summed E-state index contributed by atoms with van der Waals surface area (Å²) < 4.78 is 7.40. The largest absolute Gasteiger partial charge is 0.495 e. The summed E-state index contributed by atoms with van der Waals surface area (Å²) >= 11 is 1.56. The average molecular weight is 533 g/mol. The van der Waals surface area contributed by atoms with Gasteiger partial charge in [-0.3, -0.25) is 9.78 Å². The van der Waals surface area contributed by atoms with Crippen LogP contribution in [-0.4, -0.2) is 46.2 Å². The van der Waals surface area contributed by atoms with Crippen molar-refractivity contribution in [2.45, 2.75) is 39.3 Å². The molecule has 0 aliphatic carbocycles. The first-order valence-electron chi connectivity index (χ1n) is 12.2. The second kappa shape index (κ2) is 11.2. The second-order valence-electron chi connectivity index (χ2n) is 9.88. The van der Waals surface area contributed by atoms with Gasteiger partial charge in [0.15, 0.2) is 0 Å². The number of benzene rings is 1. The molecule has 0 radical (unpaired) electrons. The van der Waals surface area contributed by atoms with Gasteiger partial charge in [0.05, 0.1) is 24.1 Å². The Balaban J connectivity index is 0.000000505. The van der Waals surface area contributed by atoms with Gasteiger partial charge in [0.2, 0.25) is 0 Å². The van der Waals surface area contributed by atoms with Gasteiger partial charge in [-0.25, -0.2) is 4.79 Å². The molecule has 3 N–H and O–H groups in total. The molecule has 9 heteroatoms. The number of hydrogen-bond donors (Lipinski definition) is 3. The Bertz CT molecular complexity index is 1440. The van der Waals surface area contributed by atoms with Crippen LogP contribution in [0.25, 0.3) is 21.7 Å². The fraction of sp³-hybridized carbons (Fsp3) is 0.276. The number of amides is 1. The van der Waals surface area contributed by atoms with Gasteiger partial charge >= 0.3 is 5.97 Å². The van der Waals surface area contributed by atoms with Crippen LogP contribution in [0.3, 0.4) is 0 Å². The number of rotatable bonds is 5. The van der Waals surface area contributed by atoms with E-state index in [4.69, 9.17) is 4.74 Å². The molecule has 4 heterocycles. The number of aromatic carboxylic acids is 1. The van der Waals surface area contributed by atoms with E-state index < -0.39 is 5.97 Å². The van der Waals surface area contributed by atoms with Crippen molar-refractivity contribution in [2.24, 2.45) is 0 Å². The molecule has 4 aromatic rings. The highest BCUT2D eigenvalue weighted by Gasteiger charge is 2.28. The number of carboxylic acid groups (broad SMARTS) is 1. The standard InChI is InChI=1S/C24H19N3O4S.C5H13N/c1-31-20-10-14-6-8-27-19(24(29)30)12-17(21-5-3-9-32-21)22(27)16(14)11-18(20)26-23(28)15-4-2-7-25-13-15;1-5(2,3)6-4/h2-5,7,9-13H,6,8H2,1H3,(H,26,28)(H,29,30);6H,1-4H3. The van der Waals surface area contributed by atoms with Crippen LogP contribution in [0, 0.1) is 0 Å². The van der Waals surface area contributed by atoms with Gasteiger partial charge in [0.1, 0.15) is 11.4 Å². The lowest BCUT2D eigenvalue weighted by atomic mass is 9.94. The molecule has 1 aliphatic heterocycles. The van der Waals surface area contributed by atoms with Gasteiger partial charge < -0.3 is 25.0 Å². The van der Waals surface area contributed by atoms with E-state index in [0.29, 0.717) is 35.5 Å². The highest BCUT2D eigenvalue weighted by molar-refractivity contribution is 7.13. The van der Waals surface area contributed by atoms with Crippen LogP contribution in [-0.2, 0) is 13.0 Å². The van der Waals surface area contributed by atoms with Crippen LogP contribution in [0.1, 0.15) is 47.2 Å². The van der Waals surface area contributed by atoms with E-state index >= 15 is 0 Å². The van der Waals surface area contributed by atoms with Crippen molar-refractivity contribution >= 4 is 28.9 Å². The second-order valence-corrected chi connectivity index (χ2v) is 10.8. The van der Waals surface area contributed by atoms with E-state index in [-0.39, 0.29) is 11.6 Å². The lowest BCUT2D eigenvalue weighted by molar-refractivity contribution is 0.0685. The van der Waals surface area contributed by atoms with Gasteiger partial charge in [-0.1, -0.05) is 6.07 Å². The number of aryl methyl sites for hydroxylation is 1. The van der Waals surface area contributed by atoms with Gasteiger partial charge in [-0.15, -0.1) is 11.3 Å². The number of carboxylic acids is 1. The normalized spacial score (nSPS) is 12.0. The molecular weight excluding hydrogens is 500 g/mol. The number of hydrogen-bond acceptors (Lipinski definition) is 6. The molecule has 0 spiro atoms. The minimum Gasteiger partial charge on any atom is -0.495 e. The Morgan fingerprint density at radius 3 is 2.47 bits per heavy atom. The summed E-state index contributed by atoms with van der Waals surface area (Å²) in [5.41, 5.74) is 5.13. The first kappa shape index (κ1) is 27.1. The molecule has 1 amide bonds. The third kappa shape index (κ3) is 5.79. The Labute approximate surface area is 226 Å². The fourth-order valence-corrected chi connectivity index (χ4v) is 4.85. The monoisotopic (exact) mass is 532 g/mol. The summed E-state index contributed by atoms with van der Waals surface area (Å²) in [4.78, 5) is 29.7. The van der Waals surface area contributed by atoms with Gasteiger partial charge in [-0.2, -0.15) is 0 Å². The summed E-state index contributed by atoms with van der Waals surface area (Å²) in [5, 5.41) is 17.8. The minimum absolute atomic E-state index is 0.255. The Morgan fingerprint density at radius 2 is 1.89 bits per heavy atom. The van der Waals surface area contributed by atoms with Crippen LogP contribution in [0.4, 0.5) is 5.69 Å². The fourth-order valence-electron chi connectivity index (χ4n) is 4.11. The molecule has 0 atom stereocenters. The molecular formula is C29H32N4O4S. The SMILES string of the molecule is CNC(C)(C)C.COc1cc2c(cc1NC(=O)c1cccnc1)-c1c(-c3cccs3)cc(C(=O)O)n1CC2. The molecule has 0 bridgehead atoms. The van der Waals surface area contributed by atoms with E-state index in [9.17, 15) is 14.7 Å². The van der Waals surface area contributed by atoms with Crippen LogP contribution in [0.2, 0.25) is 0 Å². The highest BCUT2D eigenvalue weighted by atomic mass is 32.1. The number of nitrogens with zero attached hydrogens (tertiary/aromatic N) is 2. The smallest absolute Gasteiger partial charge is 0.352 e. The molecule has 198 valence electrons. The molecule has 8 nitrogen and oxygen atoms in total. The van der Waals surface area contributed by atoms with Crippen molar-refractivity contribution in [2.75, 3.05) is 19.5 Å². The van der Waals surface area contributed by atoms with Crippen LogP contribution >= 0.6 is 11.3 Å². The zero-order valence-electron chi connectivity index (χ0n) is 22.2. The minimum atomic E-state index is -0.962. The number of methoxy groups -OCH3 is 1. The van der Waals surface area contributed by atoms with Gasteiger partial charge in [0, 0.05) is 40.5 Å². The van der Waals surface area contributed by atoms with Crippen molar-refractivity contribution in [3.05, 3.63) is 77.1 Å². The number of anilines is 1. The van der Waals surface area contributed by atoms with Crippen molar-refractivity contribution < 1.29 is 19.4 Å². The van der Waals surface area contributed by atoms with Crippen molar-refractivity contribution in [1.82, 2.24) is 14.9 Å². The third-order valence-electron chi connectivity index (χ3n) is 6.31. The Kier molecular flexibility index (Phi) is 7.99. The lowest BCUT2D eigenvalue weighted by Gasteiger charge is -2.24. The van der Waals surface area contributed by atoms with Crippen molar-refractivity contribution in [1.29, 1.82) is 0 Å². The number of pyridine rings is 1. The first-order chi connectivity index (χ1) is 18.1. The molecule has 0 saturated heterocycles. The maximum atomic E-state index is 12.8. The quantitative estimate of drug-likeness (QED) is 0.300. The number of ether oxygens (including phenoxy) is 1. The van der Waals surface area contributed by atoms with Crippen LogP contribution in [0.5, 0.6) is 5.75 Å². The van der Waals surface area contributed by atoms with Crippen molar-refractivity contribution in [3.8, 4) is 27.4 Å². The zero-order valence-corrected chi connectivity index (χ0v) is 23.0. The molecule has 0 fully saturated rings. The molecule has 5 rings (SSSR count). The molecule has 1 aliphatic rings. The number of nitrogens with one attached hydrogen (secondary N) is 2. The van der Waals surface area contributed by atoms with Gasteiger partial charge in [0.25, 0.3) is 5.91 Å². The summed E-state index contributed by atoms with van der Waals surface area (Å²) in [6, 6.07) is 12.8. The summed E-state index contributed by atoms with van der Waals surface area (Å²) in [5.74, 6) is -0.708. The number of thiophene rings is 1. The van der Waals surface area contributed by atoms with E-state index in [1.165, 1.54) is 6.20 Å². The average Bonchev–Trinajstić information content (AvgIpc) is 3.57. The number of carbonyl (C=O) groups excluding carboxylic acids is 1. The Hall–Kier alpha value is -3.95. The molecule has 0 unspecified atom stereocenters. The van der Waals surface area contributed by atoms with Crippen LogP contribution in [0.15, 0.2) is 60.2 Å². The molecule has 3 aromatic heterocycles. The summed E-state index contributed by atoms with van der Waals surface area (Å²) in [6.45, 7) is 6.95. The third-order valence-corrected chi connectivity index (χ3v) is 7.21. The first-order valence-corrected chi connectivity index (χ1v) is 13.1. The molecule has 0 saturated carbocycles. The predicted molar refractivity (Wildman–Crippen MR) is 151 cm³/mol. The number of aromatic nitrogens is 2. The highest BCUT2D eigenvalue weighted by Crippen LogP contribution is 2.44. The van der Waals surface area contributed by atoms with E-state index in [1.807, 2.05) is 41.3 Å². The van der Waals surface area contributed by atoms with E-state index in [1.54, 1.807) is 42.8 Å². The maximum Gasteiger partial charge on any atom is 0.352 e. The number of carbonyl (C=O) groups is 2.